The number of nitrogens with zero attached hydrogens (tertiary/aromatic N) is 2. The standard InChI is InChI=1S/C21H25N5O4/c1-13-7-8-18(28)26(25-13)12-17(27)22-11-14-4-2-5-15(10-14)19-16-6-3-9-30-20(16)24-21(29)23-19/h2,4-5,7-8,10,16,19-20H,3,6,9,11-12H2,1H3,(H,22,27)(H2,23,24,29)/t16-,19-,20-/m0/s1. The molecule has 0 spiro atoms. The Kier molecular flexibility index (Phi) is 5.80. The zero-order valence-corrected chi connectivity index (χ0v) is 16.8. The van der Waals surface area contributed by atoms with E-state index < -0.39 is 0 Å². The molecule has 0 bridgehead atoms. The summed E-state index contributed by atoms with van der Waals surface area (Å²) in [5, 5.41) is 12.7. The highest BCUT2D eigenvalue weighted by Gasteiger charge is 2.39. The molecule has 3 amide bonds. The van der Waals surface area contributed by atoms with Gasteiger partial charge in [0.2, 0.25) is 5.91 Å². The van der Waals surface area contributed by atoms with E-state index in [0.717, 1.165) is 28.7 Å². The molecule has 30 heavy (non-hydrogen) atoms. The number of benzene rings is 1. The molecule has 3 atom stereocenters. The number of urea groups is 1. The van der Waals surface area contributed by atoms with Gasteiger partial charge >= 0.3 is 6.03 Å². The summed E-state index contributed by atoms with van der Waals surface area (Å²) in [6.45, 7) is 2.60. The summed E-state index contributed by atoms with van der Waals surface area (Å²) in [6, 6.07) is 10.4. The van der Waals surface area contributed by atoms with Crippen LogP contribution in [0.1, 0.15) is 35.7 Å². The fourth-order valence-electron chi connectivity index (χ4n) is 4.00. The summed E-state index contributed by atoms with van der Waals surface area (Å²) in [7, 11) is 0. The Labute approximate surface area is 173 Å². The van der Waals surface area contributed by atoms with Crippen LogP contribution in [0.2, 0.25) is 0 Å². The van der Waals surface area contributed by atoms with E-state index in [1.54, 1.807) is 13.0 Å². The number of rotatable bonds is 5. The molecule has 2 aromatic rings. The number of hydrogen-bond acceptors (Lipinski definition) is 5. The molecule has 3 N–H and O–H groups in total. The Bertz CT molecular complexity index is 1000. The summed E-state index contributed by atoms with van der Waals surface area (Å²) < 4.78 is 6.87. The van der Waals surface area contributed by atoms with Crippen LogP contribution in [0.25, 0.3) is 0 Å². The Morgan fingerprint density at radius 1 is 1.27 bits per heavy atom. The van der Waals surface area contributed by atoms with Gasteiger partial charge in [0.15, 0.2) is 0 Å². The lowest BCUT2D eigenvalue weighted by Gasteiger charge is -2.42. The molecule has 1 aromatic carbocycles. The molecule has 158 valence electrons. The zero-order valence-electron chi connectivity index (χ0n) is 16.8. The highest BCUT2D eigenvalue weighted by atomic mass is 16.5. The van der Waals surface area contributed by atoms with Crippen LogP contribution in [-0.2, 0) is 22.6 Å². The first-order valence-corrected chi connectivity index (χ1v) is 10.1. The summed E-state index contributed by atoms with van der Waals surface area (Å²) in [4.78, 5) is 36.1. The third kappa shape index (κ3) is 4.51. The molecule has 0 unspecified atom stereocenters. The number of fused-ring (bicyclic) bond motifs is 1. The number of nitrogens with one attached hydrogen (secondary N) is 3. The molecular formula is C21H25N5O4. The minimum Gasteiger partial charge on any atom is -0.358 e. The normalized spacial score (nSPS) is 23.1. The molecule has 9 heteroatoms. The van der Waals surface area contributed by atoms with Gasteiger partial charge in [-0.25, -0.2) is 9.48 Å². The van der Waals surface area contributed by atoms with Gasteiger partial charge in [0.25, 0.3) is 5.56 Å². The number of hydrogen-bond donors (Lipinski definition) is 3. The first kappa shape index (κ1) is 20.1. The van der Waals surface area contributed by atoms with Crippen LogP contribution in [0.15, 0.2) is 41.2 Å². The highest BCUT2D eigenvalue weighted by Crippen LogP contribution is 2.34. The third-order valence-corrected chi connectivity index (χ3v) is 5.45. The topological polar surface area (TPSA) is 114 Å². The van der Waals surface area contributed by atoms with Gasteiger partial charge in [-0.15, -0.1) is 0 Å². The lowest BCUT2D eigenvalue weighted by Crippen LogP contribution is -2.58. The van der Waals surface area contributed by atoms with Crippen molar-refractivity contribution in [3.8, 4) is 0 Å². The minimum absolute atomic E-state index is 0.133. The highest BCUT2D eigenvalue weighted by molar-refractivity contribution is 5.76. The van der Waals surface area contributed by atoms with E-state index in [1.807, 2.05) is 24.3 Å². The number of aryl methyl sites for hydroxylation is 1. The van der Waals surface area contributed by atoms with Gasteiger partial charge in [-0.1, -0.05) is 24.3 Å². The Balaban J connectivity index is 1.42. The number of carbonyl (C=O) groups excluding carboxylic acids is 2. The quantitative estimate of drug-likeness (QED) is 0.679. The van der Waals surface area contributed by atoms with Crippen LogP contribution < -0.4 is 21.5 Å². The Morgan fingerprint density at radius 2 is 2.13 bits per heavy atom. The van der Waals surface area contributed by atoms with Crippen LogP contribution in [0, 0.1) is 12.8 Å². The van der Waals surface area contributed by atoms with Gasteiger partial charge in [-0.2, -0.15) is 5.10 Å². The van der Waals surface area contributed by atoms with Crippen molar-refractivity contribution in [2.45, 2.75) is 45.1 Å². The summed E-state index contributed by atoms with van der Waals surface area (Å²) >= 11 is 0. The van der Waals surface area contributed by atoms with Gasteiger partial charge in [-0.05, 0) is 37.0 Å². The van der Waals surface area contributed by atoms with E-state index in [4.69, 9.17) is 4.74 Å². The number of ether oxygens (including phenoxy) is 1. The molecule has 1 aromatic heterocycles. The van der Waals surface area contributed by atoms with Crippen molar-refractivity contribution >= 4 is 11.9 Å². The number of carbonyl (C=O) groups is 2. The van der Waals surface area contributed by atoms with E-state index in [1.165, 1.54) is 6.07 Å². The van der Waals surface area contributed by atoms with Crippen molar-refractivity contribution < 1.29 is 14.3 Å². The molecule has 2 saturated heterocycles. The molecule has 0 radical (unpaired) electrons. The van der Waals surface area contributed by atoms with E-state index in [2.05, 4.69) is 21.0 Å². The van der Waals surface area contributed by atoms with Crippen LogP contribution in [0.4, 0.5) is 4.79 Å². The average molecular weight is 411 g/mol. The minimum atomic E-state index is -0.316. The second-order valence-electron chi connectivity index (χ2n) is 7.69. The second kappa shape index (κ2) is 8.66. The molecule has 0 aliphatic carbocycles. The van der Waals surface area contributed by atoms with Gasteiger partial charge in [0.1, 0.15) is 12.8 Å². The van der Waals surface area contributed by atoms with Crippen LogP contribution in [0.5, 0.6) is 0 Å². The summed E-state index contributed by atoms with van der Waals surface area (Å²) in [5.41, 5.74) is 2.24. The monoisotopic (exact) mass is 411 g/mol. The lowest BCUT2D eigenvalue weighted by molar-refractivity contribution is -0.122. The first-order chi connectivity index (χ1) is 14.5. The third-order valence-electron chi connectivity index (χ3n) is 5.45. The summed E-state index contributed by atoms with van der Waals surface area (Å²) in [6.07, 6.45) is 1.64. The molecule has 2 aliphatic rings. The Hall–Kier alpha value is -3.20. The SMILES string of the molecule is Cc1ccc(=O)n(CC(=O)NCc2cccc([C@@H]3NC(=O)N[C@H]4OCCC[C@H]43)c2)n1. The van der Waals surface area contributed by atoms with Gasteiger partial charge in [-0.3, -0.25) is 9.59 Å². The molecule has 3 heterocycles. The fraction of sp³-hybridized carbons (Fsp3) is 0.429. The van der Waals surface area contributed by atoms with E-state index >= 15 is 0 Å². The molecule has 2 fully saturated rings. The molecule has 9 nitrogen and oxygen atoms in total. The van der Waals surface area contributed by atoms with Gasteiger partial charge in [0.05, 0.1) is 11.7 Å². The van der Waals surface area contributed by atoms with E-state index in [9.17, 15) is 14.4 Å². The fourth-order valence-corrected chi connectivity index (χ4v) is 4.00. The second-order valence-corrected chi connectivity index (χ2v) is 7.69. The zero-order chi connectivity index (χ0) is 21.1. The largest absolute Gasteiger partial charge is 0.358 e. The van der Waals surface area contributed by atoms with Crippen molar-refractivity contribution in [3.05, 3.63) is 63.6 Å². The average Bonchev–Trinajstić information content (AvgIpc) is 2.74. The van der Waals surface area contributed by atoms with Gasteiger partial charge < -0.3 is 20.7 Å². The smallest absolute Gasteiger partial charge is 0.317 e. The maximum atomic E-state index is 12.3. The maximum absolute atomic E-state index is 12.3. The van der Waals surface area contributed by atoms with Crippen LogP contribution >= 0.6 is 0 Å². The van der Waals surface area contributed by atoms with Crippen molar-refractivity contribution in [2.24, 2.45) is 5.92 Å². The van der Waals surface area contributed by atoms with Crippen LogP contribution in [-0.4, -0.2) is 34.6 Å². The molecular weight excluding hydrogens is 386 g/mol. The predicted molar refractivity (Wildman–Crippen MR) is 108 cm³/mol. The molecule has 0 saturated carbocycles. The summed E-state index contributed by atoms with van der Waals surface area (Å²) in [5.74, 6) is -0.142. The van der Waals surface area contributed by atoms with Crippen molar-refractivity contribution in [1.29, 1.82) is 0 Å². The first-order valence-electron chi connectivity index (χ1n) is 10.1. The lowest BCUT2D eigenvalue weighted by atomic mass is 9.85. The van der Waals surface area contributed by atoms with Crippen molar-refractivity contribution in [3.63, 3.8) is 0 Å². The van der Waals surface area contributed by atoms with Gasteiger partial charge in [0, 0.05) is 25.1 Å². The van der Waals surface area contributed by atoms with Crippen LogP contribution in [0.3, 0.4) is 0 Å². The molecule has 4 rings (SSSR count). The maximum Gasteiger partial charge on any atom is 0.317 e. The van der Waals surface area contributed by atoms with E-state index in [-0.39, 0.29) is 42.2 Å². The van der Waals surface area contributed by atoms with Crippen molar-refractivity contribution in [2.75, 3.05) is 6.61 Å². The Morgan fingerprint density at radius 3 is 3.00 bits per heavy atom. The van der Waals surface area contributed by atoms with E-state index in [0.29, 0.717) is 18.8 Å². The van der Waals surface area contributed by atoms with Crippen molar-refractivity contribution in [1.82, 2.24) is 25.7 Å². The number of aromatic nitrogens is 2. The molecule has 2 aliphatic heterocycles. The predicted octanol–water partition coefficient (Wildman–Crippen LogP) is 0.975. The number of amides is 3.